The van der Waals surface area contributed by atoms with Crippen molar-refractivity contribution in [3.05, 3.63) is 88.5 Å². The van der Waals surface area contributed by atoms with Crippen LogP contribution in [0.3, 0.4) is 0 Å². The Morgan fingerprint density at radius 3 is 2.26 bits per heavy atom. The lowest BCUT2D eigenvalue weighted by atomic mass is 9.90. The van der Waals surface area contributed by atoms with E-state index in [-0.39, 0.29) is 44.6 Å². The number of rotatable bonds is 22. The first-order valence-electron chi connectivity index (χ1n) is 23.3. The molecule has 2 aromatic carbocycles. The van der Waals surface area contributed by atoms with Crippen molar-refractivity contribution in [2.75, 3.05) is 13.2 Å². The van der Waals surface area contributed by atoms with Crippen LogP contribution in [0.5, 0.6) is 0 Å². The number of nitrogens with one attached hydrogen (secondary N) is 2. The van der Waals surface area contributed by atoms with Gasteiger partial charge in [-0.25, -0.2) is 14.4 Å². The maximum Gasteiger partial charge on any atom is 0.348 e. The summed E-state index contributed by atoms with van der Waals surface area (Å²) in [6, 6.07) is 12.6. The van der Waals surface area contributed by atoms with Gasteiger partial charge in [-0.2, -0.15) is 0 Å². The summed E-state index contributed by atoms with van der Waals surface area (Å²) in [7, 11) is 0. The molecule has 2 amide bonds. The summed E-state index contributed by atoms with van der Waals surface area (Å²) < 4.78 is 35.5. The number of cyclic esters (lactones) is 1. The van der Waals surface area contributed by atoms with E-state index >= 15 is 0 Å². The van der Waals surface area contributed by atoms with Gasteiger partial charge in [-0.15, -0.1) is 0 Å². The van der Waals surface area contributed by atoms with Crippen molar-refractivity contribution in [2.45, 2.75) is 167 Å². The number of benzene rings is 2. The van der Waals surface area contributed by atoms with Gasteiger partial charge in [0.1, 0.15) is 30.5 Å². The number of carbonyl (C=O) groups excluding carboxylic acids is 6. The van der Waals surface area contributed by atoms with E-state index in [1.165, 1.54) is 12.2 Å². The van der Waals surface area contributed by atoms with Crippen molar-refractivity contribution in [1.29, 1.82) is 0 Å². The van der Waals surface area contributed by atoms with E-state index in [1.807, 2.05) is 0 Å². The van der Waals surface area contributed by atoms with E-state index in [0.29, 0.717) is 35.1 Å². The largest absolute Gasteiger partial charge is 0.462 e. The first-order chi connectivity index (χ1) is 31.3. The van der Waals surface area contributed by atoms with Gasteiger partial charge in [0, 0.05) is 54.9 Å². The van der Waals surface area contributed by atoms with E-state index in [2.05, 4.69) is 24.5 Å². The summed E-state index contributed by atoms with van der Waals surface area (Å²) in [6.07, 6.45) is 8.47. The van der Waals surface area contributed by atoms with E-state index in [9.17, 15) is 33.9 Å². The normalized spacial score (nSPS) is 21.3. The molecule has 0 saturated carbocycles. The molecule has 0 aromatic heterocycles. The van der Waals surface area contributed by atoms with Crippen LogP contribution in [0.25, 0.3) is 6.08 Å². The number of aliphatic hydroxyl groups excluding tert-OH is 1. The SMILES string of the molecule is CCCCCC1(CCCCC)O[C@@H]2[C@@H](C=C(C(=O)NCc3cccc(C(=O)N[C@H](CO)CCC(=O)OC(C)(C)C)c3)C[C@H]2OC(=O)c2cccc(C=CC(=O)O[C@H]3C(=O)OCC3(C)C)c2)O1. The third-order valence-electron chi connectivity index (χ3n) is 11.6. The summed E-state index contributed by atoms with van der Waals surface area (Å²) in [5.41, 5.74) is 0.702. The van der Waals surface area contributed by atoms with Crippen LogP contribution in [0.4, 0.5) is 0 Å². The van der Waals surface area contributed by atoms with Crippen LogP contribution >= 0.6 is 0 Å². The molecule has 15 nitrogen and oxygen atoms in total. The van der Waals surface area contributed by atoms with Crippen LogP contribution in [0.2, 0.25) is 0 Å². The molecule has 2 saturated heterocycles. The fourth-order valence-corrected chi connectivity index (χ4v) is 8.11. The molecule has 0 radical (unpaired) electrons. The van der Waals surface area contributed by atoms with E-state index < -0.39 is 83.0 Å². The fraction of sp³-hybridized carbons (Fsp3) is 0.569. The molecule has 1 aliphatic carbocycles. The fourth-order valence-electron chi connectivity index (χ4n) is 8.11. The Morgan fingerprint density at radius 2 is 1.61 bits per heavy atom. The summed E-state index contributed by atoms with van der Waals surface area (Å²) in [5, 5.41) is 15.6. The highest BCUT2D eigenvalue weighted by Gasteiger charge is 2.52. The Balaban J connectivity index is 1.28. The summed E-state index contributed by atoms with van der Waals surface area (Å²) >= 11 is 0. The number of carbonyl (C=O) groups is 6. The maximum atomic E-state index is 14.0. The van der Waals surface area contributed by atoms with Gasteiger partial charge < -0.3 is 44.2 Å². The molecular weight excluding hydrogens is 849 g/mol. The number of ether oxygens (including phenoxy) is 6. The number of aliphatic hydroxyl groups is 1. The second kappa shape index (κ2) is 23.4. The number of fused-ring (bicyclic) bond motifs is 1. The zero-order valence-corrected chi connectivity index (χ0v) is 39.5. The van der Waals surface area contributed by atoms with Gasteiger partial charge in [-0.05, 0) is 87.6 Å². The average Bonchev–Trinajstić information content (AvgIpc) is 3.77. The molecule has 0 bridgehead atoms. The van der Waals surface area contributed by atoms with Gasteiger partial charge in [-0.1, -0.05) is 77.6 Å². The Morgan fingerprint density at radius 1 is 0.909 bits per heavy atom. The number of amides is 2. The van der Waals surface area contributed by atoms with Crippen molar-refractivity contribution in [3.8, 4) is 0 Å². The lowest BCUT2D eigenvalue weighted by Gasteiger charge is -2.31. The molecule has 2 aromatic rings. The van der Waals surface area contributed by atoms with Gasteiger partial charge in [-0.3, -0.25) is 14.4 Å². The highest BCUT2D eigenvalue weighted by atomic mass is 16.8. The number of unbranched alkanes of at least 4 members (excludes halogenated alkanes) is 4. The Labute approximate surface area is 388 Å². The van der Waals surface area contributed by atoms with Gasteiger partial charge >= 0.3 is 23.9 Å². The van der Waals surface area contributed by atoms with Gasteiger partial charge in [0.05, 0.1) is 18.2 Å². The first-order valence-corrected chi connectivity index (χ1v) is 23.3. The van der Waals surface area contributed by atoms with Crippen LogP contribution < -0.4 is 10.6 Å². The molecule has 360 valence electrons. The van der Waals surface area contributed by atoms with Gasteiger partial charge in [0.25, 0.3) is 5.91 Å². The number of esters is 4. The number of hydrogen-bond donors (Lipinski definition) is 3. The van der Waals surface area contributed by atoms with Gasteiger partial charge in [0.15, 0.2) is 5.79 Å². The molecule has 3 aliphatic rings. The smallest absolute Gasteiger partial charge is 0.348 e. The second-order valence-electron chi connectivity index (χ2n) is 19.1. The molecule has 2 heterocycles. The lowest BCUT2D eigenvalue weighted by Crippen LogP contribution is -2.43. The third kappa shape index (κ3) is 14.8. The van der Waals surface area contributed by atoms with Crippen LogP contribution in [-0.4, -0.2) is 95.9 Å². The molecule has 66 heavy (non-hydrogen) atoms. The molecule has 2 fully saturated rings. The van der Waals surface area contributed by atoms with E-state index in [1.54, 1.807) is 89.2 Å². The molecule has 0 unspecified atom stereocenters. The van der Waals surface area contributed by atoms with E-state index in [0.717, 1.165) is 38.5 Å². The highest BCUT2D eigenvalue weighted by molar-refractivity contribution is 5.96. The molecular formula is C51H68N2O13. The minimum atomic E-state index is -1.03. The lowest BCUT2D eigenvalue weighted by molar-refractivity contribution is -0.190. The first kappa shape index (κ1) is 51.6. The number of hydrogen-bond acceptors (Lipinski definition) is 13. The van der Waals surface area contributed by atoms with Crippen molar-refractivity contribution >= 4 is 41.8 Å². The molecule has 3 N–H and O–H groups in total. The standard InChI is InChI=1S/C51H68N2O13/c1-8-10-12-24-51(25-13-11-9-2)64-40-29-37(45(57)52-30-34-17-15-18-35(27-34)46(58)53-38(31-54)21-23-42(56)65-49(3,4)5)28-39(43(40)66-51)62-47(59)36-19-14-16-33(26-36)20-22-41(55)63-44-48(60)61-32-50(44,6)7/h14-20,22,26-27,29,38-40,43-44,54H,8-13,21,23-25,28,30-32H2,1-7H3,(H,52,57)(H,53,58)/t38-,39+,40+,43-,44-/m0/s1. The van der Waals surface area contributed by atoms with Crippen LogP contribution in [0.15, 0.2) is 66.3 Å². The molecule has 2 aliphatic heterocycles. The molecule has 5 rings (SSSR count). The predicted molar refractivity (Wildman–Crippen MR) is 244 cm³/mol. The highest BCUT2D eigenvalue weighted by Crippen LogP contribution is 2.43. The minimum Gasteiger partial charge on any atom is -0.462 e. The Kier molecular flexibility index (Phi) is 18.3. The zero-order chi connectivity index (χ0) is 48.1. The molecule has 5 atom stereocenters. The van der Waals surface area contributed by atoms with Crippen LogP contribution in [0, 0.1) is 5.41 Å². The summed E-state index contributed by atoms with van der Waals surface area (Å²) in [4.78, 5) is 78.1. The zero-order valence-electron chi connectivity index (χ0n) is 39.5. The second-order valence-corrected chi connectivity index (χ2v) is 19.1. The van der Waals surface area contributed by atoms with Crippen molar-refractivity contribution in [1.82, 2.24) is 10.6 Å². The minimum absolute atomic E-state index is 0.0219. The van der Waals surface area contributed by atoms with Crippen LogP contribution in [0.1, 0.15) is 151 Å². The average molecular weight is 917 g/mol. The van der Waals surface area contributed by atoms with Crippen molar-refractivity contribution in [2.24, 2.45) is 5.41 Å². The quantitative estimate of drug-likeness (QED) is 0.0463. The Bertz CT molecular complexity index is 2090. The van der Waals surface area contributed by atoms with Crippen molar-refractivity contribution in [3.63, 3.8) is 0 Å². The third-order valence-corrected chi connectivity index (χ3v) is 11.6. The monoisotopic (exact) mass is 916 g/mol. The Hall–Kier alpha value is -5.38. The van der Waals surface area contributed by atoms with E-state index in [4.69, 9.17) is 28.4 Å². The maximum absolute atomic E-state index is 14.0. The van der Waals surface area contributed by atoms with Gasteiger partial charge in [0.2, 0.25) is 12.0 Å². The predicted octanol–water partition coefficient (Wildman–Crippen LogP) is 7.22. The summed E-state index contributed by atoms with van der Waals surface area (Å²) in [5.74, 6) is -4.18. The van der Waals surface area contributed by atoms with Crippen LogP contribution in [-0.2, 0) is 54.1 Å². The summed E-state index contributed by atoms with van der Waals surface area (Å²) in [6.45, 7) is 13.0. The molecule has 0 spiro atoms. The van der Waals surface area contributed by atoms with Crippen molar-refractivity contribution < 1.29 is 62.3 Å². The molecule has 15 heteroatoms. The topological polar surface area (TPSA) is 202 Å².